The number of amides is 1. The van der Waals surface area contributed by atoms with Crippen molar-refractivity contribution in [2.45, 2.75) is 46.1 Å². The topological polar surface area (TPSA) is 41.1 Å². The van der Waals surface area contributed by atoms with Crippen LogP contribution in [0.15, 0.2) is 22.7 Å². The summed E-state index contributed by atoms with van der Waals surface area (Å²) in [5, 5.41) is 6.18. The molecule has 0 saturated heterocycles. The summed E-state index contributed by atoms with van der Waals surface area (Å²) in [5.41, 5.74) is 2.12. The fraction of sp³-hybridized carbons (Fsp3) is 0.533. The Balaban J connectivity index is 2.44. The van der Waals surface area contributed by atoms with Gasteiger partial charge < -0.3 is 10.6 Å². The Labute approximate surface area is 124 Å². The maximum atomic E-state index is 11.9. The molecule has 0 saturated carbocycles. The lowest BCUT2D eigenvalue weighted by molar-refractivity contribution is -0.121. The normalized spacial score (nSPS) is 12.0. The number of carbonyl (C=O) groups excluding carboxylic acids is 1. The van der Waals surface area contributed by atoms with Crippen LogP contribution in [0.4, 0.5) is 5.69 Å². The number of benzene rings is 1. The zero-order valence-electron chi connectivity index (χ0n) is 11.9. The molecule has 1 aromatic rings. The van der Waals surface area contributed by atoms with Gasteiger partial charge in [0, 0.05) is 16.7 Å². The van der Waals surface area contributed by atoms with E-state index in [1.165, 1.54) is 6.42 Å². The maximum absolute atomic E-state index is 11.9. The predicted octanol–water partition coefficient (Wildman–Crippen LogP) is 3.86. The molecule has 3 nitrogen and oxygen atoms in total. The lowest BCUT2D eigenvalue weighted by Crippen LogP contribution is -2.38. The number of anilines is 1. The monoisotopic (exact) mass is 326 g/mol. The highest BCUT2D eigenvalue weighted by Crippen LogP contribution is 2.19. The van der Waals surface area contributed by atoms with Crippen LogP contribution in [0, 0.1) is 6.92 Å². The average molecular weight is 327 g/mol. The zero-order chi connectivity index (χ0) is 14.3. The van der Waals surface area contributed by atoms with Gasteiger partial charge in [0.15, 0.2) is 0 Å². The van der Waals surface area contributed by atoms with E-state index < -0.39 is 0 Å². The van der Waals surface area contributed by atoms with Crippen LogP contribution in [0.3, 0.4) is 0 Å². The summed E-state index contributed by atoms with van der Waals surface area (Å²) in [4.78, 5) is 11.9. The summed E-state index contributed by atoms with van der Waals surface area (Å²) in [7, 11) is 0. The van der Waals surface area contributed by atoms with Crippen molar-refractivity contribution in [1.82, 2.24) is 5.32 Å². The summed E-state index contributed by atoms with van der Waals surface area (Å²) in [6, 6.07) is 5.83. The Morgan fingerprint density at radius 1 is 1.32 bits per heavy atom. The van der Waals surface area contributed by atoms with Crippen LogP contribution in [0.2, 0.25) is 0 Å². The van der Waals surface area contributed by atoms with Crippen molar-refractivity contribution >= 4 is 27.5 Å². The lowest BCUT2D eigenvalue weighted by atomic mass is 10.2. The quantitative estimate of drug-likeness (QED) is 0.747. The van der Waals surface area contributed by atoms with Crippen LogP contribution in [-0.2, 0) is 4.79 Å². The van der Waals surface area contributed by atoms with Crippen LogP contribution in [0.5, 0.6) is 0 Å². The minimum atomic E-state index is -0.227. The number of aryl methyl sites for hydroxylation is 1. The van der Waals surface area contributed by atoms with Gasteiger partial charge in [-0.1, -0.05) is 35.7 Å². The maximum Gasteiger partial charge on any atom is 0.242 e. The van der Waals surface area contributed by atoms with Crippen molar-refractivity contribution in [3.8, 4) is 0 Å². The molecule has 0 aromatic heterocycles. The molecular weight excluding hydrogens is 304 g/mol. The fourth-order valence-corrected chi connectivity index (χ4v) is 2.48. The van der Waals surface area contributed by atoms with E-state index in [2.05, 4.69) is 33.5 Å². The van der Waals surface area contributed by atoms with Crippen LogP contribution >= 0.6 is 15.9 Å². The summed E-state index contributed by atoms with van der Waals surface area (Å²) in [6.07, 6.45) is 3.37. The first-order chi connectivity index (χ1) is 9.02. The number of halogens is 1. The van der Waals surface area contributed by atoms with Crippen molar-refractivity contribution in [2.75, 3.05) is 11.9 Å². The van der Waals surface area contributed by atoms with Gasteiger partial charge in [-0.3, -0.25) is 4.79 Å². The first kappa shape index (κ1) is 16.0. The number of rotatable bonds is 7. The van der Waals surface area contributed by atoms with Gasteiger partial charge in [0.2, 0.25) is 5.91 Å². The van der Waals surface area contributed by atoms with Crippen LogP contribution in [0.25, 0.3) is 0 Å². The zero-order valence-corrected chi connectivity index (χ0v) is 13.5. The largest absolute Gasteiger partial charge is 0.374 e. The van der Waals surface area contributed by atoms with Crippen LogP contribution in [0.1, 0.15) is 38.7 Å². The van der Waals surface area contributed by atoms with Crippen molar-refractivity contribution in [1.29, 1.82) is 0 Å². The minimum absolute atomic E-state index is 0.0498. The van der Waals surface area contributed by atoms with E-state index in [-0.39, 0.29) is 11.9 Å². The SMILES string of the molecule is CCCCCNC(=O)C(C)Nc1cc(C)cc(Br)c1. The van der Waals surface area contributed by atoms with Crippen molar-refractivity contribution in [3.05, 3.63) is 28.2 Å². The van der Waals surface area contributed by atoms with E-state index in [0.29, 0.717) is 0 Å². The Morgan fingerprint density at radius 2 is 2.05 bits per heavy atom. The third kappa shape index (κ3) is 6.10. The Hall–Kier alpha value is -1.03. The van der Waals surface area contributed by atoms with Gasteiger partial charge in [0.05, 0.1) is 0 Å². The van der Waals surface area contributed by atoms with Crippen LogP contribution in [-0.4, -0.2) is 18.5 Å². The average Bonchev–Trinajstić information content (AvgIpc) is 2.33. The lowest BCUT2D eigenvalue weighted by Gasteiger charge is -2.16. The summed E-state index contributed by atoms with van der Waals surface area (Å²) < 4.78 is 1.02. The number of hydrogen-bond donors (Lipinski definition) is 2. The molecule has 0 radical (unpaired) electrons. The second-order valence-corrected chi connectivity index (χ2v) is 5.80. The van der Waals surface area contributed by atoms with Crippen LogP contribution < -0.4 is 10.6 Å². The molecule has 19 heavy (non-hydrogen) atoms. The van der Waals surface area contributed by atoms with E-state index in [0.717, 1.165) is 35.1 Å². The van der Waals surface area contributed by atoms with Crippen molar-refractivity contribution in [3.63, 3.8) is 0 Å². The molecule has 0 aliphatic carbocycles. The molecule has 0 bridgehead atoms. The highest BCUT2D eigenvalue weighted by atomic mass is 79.9. The molecule has 0 spiro atoms. The first-order valence-electron chi connectivity index (χ1n) is 6.84. The molecule has 1 aromatic carbocycles. The third-order valence-corrected chi connectivity index (χ3v) is 3.36. The molecule has 1 unspecified atom stereocenters. The smallest absolute Gasteiger partial charge is 0.242 e. The Bertz CT molecular complexity index is 400. The number of carbonyl (C=O) groups is 1. The molecule has 2 N–H and O–H groups in total. The molecule has 0 fully saturated rings. The van der Waals surface area contributed by atoms with Crippen molar-refractivity contribution < 1.29 is 4.79 Å². The molecule has 0 aliphatic rings. The molecule has 1 rings (SSSR count). The summed E-state index contributed by atoms with van der Waals surface area (Å²) >= 11 is 3.46. The fourth-order valence-electron chi connectivity index (χ4n) is 1.87. The van der Waals surface area contributed by atoms with Crippen molar-refractivity contribution in [2.24, 2.45) is 0 Å². The number of hydrogen-bond acceptors (Lipinski definition) is 2. The second-order valence-electron chi connectivity index (χ2n) is 4.88. The Morgan fingerprint density at radius 3 is 2.68 bits per heavy atom. The van der Waals surface area contributed by atoms with Gasteiger partial charge in [-0.05, 0) is 44.0 Å². The van der Waals surface area contributed by atoms with E-state index in [9.17, 15) is 4.79 Å². The van der Waals surface area contributed by atoms with Gasteiger partial charge in [-0.25, -0.2) is 0 Å². The highest BCUT2D eigenvalue weighted by Gasteiger charge is 2.11. The van der Waals surface area contributed by atoms with E-state index in [1.54, 1.807) is 0 Å². The predicted molar refractivity (Wildman–Crippen MR) is 84.5 cm³/mol. The molecule has 1 atom stereocenters. The van der Waals surface area contributed by atoms with E-state index in [4.69, 9.17) is 0 Å². The van der Waals surface area contributed by atoms with Gasteiger partial charge in [0.25, 0.3) is 0 Å². The van der Waals surface area contributed by atoms with Gasteiger partial charge in [0.1, 0.15) is 6.04 Å². The standard InChI is InChI=1S/C15H23BrN2O/c1-4-5-6-7-17-15(19)12(3)18-14-9-11(2)8-13(16)10-14/h8-10,12,18H,4-7H2,1-3H3,(H,17,19). The minimum Gasteiger partial charge on any atom is -0.374 e. The first-order valence-corrected chi connectivity index (χ1v) is 7.63. The number of unbranched alkanes of at least 4 members (excludes halogenated alkanes) is 2. The molecule has 0 heterocycles. The van der Waals surface area contributed by atoms with Gasteiger partial charge in [-0.15, -0.1) is 0 Å². The molecular formula is C15H23BrN2O. The molecule has 106 valence electrons. The second kappa shape index (κ2) is 8.20. The molecule has 0 aliphatic heterocycles. The third-order valence-electron chi connectivity index (χ3n) is 2.90. The molecule has 1 amide bonds. The van der Waals surface area contributed by atoms with Gasteiger partial charge in [-0.2, -0.15) is 0 Å². The van der Waals surface area contributed by atoms with E-state index >= 15 is 0 Å². The highest BCUT2D eigenvalue weighted by molar-refractivity contribution is 9.10. The summed E-state index contributed by atoms with van der Waals surface area (Å²) in [6.45, 7) is 6.83. The summed E-state index contributed by atoms with van der Waals surface area (Å²) in [5.74, 6) is 0.0498. The molecule has 4 heteroatoms. The number of nitrogens with one attached hydrogen (secondary N) is 2. The van der Waals surface area contributed by atoms with Gasteiger partial charge >= 0.3 is 0 Å². The van der Waals surface area contributed by atoms with E-state index in [1.807, 2.05) is 32.0 Å². The Kier molecular flexibility index (Phi) is 6.92.